The molecule has 0 aliphatic heterocycles. The van der Waals surface area contributed by atoms with E-state index in [2.05, 4.69) is 56.2 Å². The van der Waals surface area contributed by atoms with E-state index in [1.54, 1.807) is 0 Å². The molecule has 11 heteroatoms. The molecule has 0 aliphatic rings. The van der Waals surface area contributed by atoms with Crippen molar-refractivity contribution in [2.24, 2.45) is 0 Å². The van der Waals surface area contributed by atoms with Crippen molar-refractivity contribution in [2.45, 2.75) is 336 Å². The van der Waals surface area contributed by atoms with Gasteiger partial charge in [-0.2, -0.15) is 8.78 Å². The first kappa shape index (κ1) is 75.6. The summed E-state index contributed by atoms with van der Waals surface area (Å²) in [5.74, 6) is -13.1. The fourth-order valence-electron chi connectivity index (χ4n) is 9.91. The van der Waals surface area contributed by atoms with Crippen LogP contribution in [-0.2, 0) is 0 Å². The zero-order valence-electron chi connectivity index (χ0n) is 50.4. The molecule has 1 aromatic carbocycles. The molecule has 0 fully saturated rings. The first-order valence-electron chi connectivity index (χ1n) is 32.4. The molecule has 0 radical (unpaired) electrons. The highest BCUT2D eigenvalue weighted by Crippen LogP contribution is 2.29. The Hall–Kier alpha value is -1.43. The van der Waals surface area contributed by atoms with Crippen LogP contribution in [-0.4, -0.2) is 67.4 Å². The highest BCUT2D eigenvalue weighted by atomic mass is 19.2. The van der Waals surface area contributed by atoms with Crippen molar-refractivity contribution in [2.75, 3.05) is 40.3 Å². The molecule has 0 saturated carbocycles. The number of hydrogen-bond donors (Lipinski definition) is 2. The molecule has 1 aromatic rings. The standard InChI is InChI=1S/2C29H61N.C6H2BF5O3/c2*1-4-6-8-10-12-14-16-18-20-22-24-26-28-30(3)29-27-25-23-21-19-17-15-13-11-9-7-5-2;8-1-2(9)4(11)6(15-7(13)14)5(12)3(1)10/h2*4-29H2,1-3H3;13-14H. The van der Waals surface area contributed by atoms with Gasteiger partial charge < -0.3 is 24.5 Å². The Bertz CT molecular complexity index is 1160. The largest absolute Gasteiger partial charge is 0.707 e. The Balaban J connectivity index is 0. The second-order valence-electron chi connectivity index (χ2n) is 22.5. The topological polar surface area (TPSA) is 56.2 Å². The van der Waals surface area contributed by atoms with Crippen molar-refractivity contribution < 1.29 is 36.7 Å². The van der Waals surface area contributed by atoms with E-state index in [-0.39, 0.29) is 0 Å². The second kappa shape index (κ2) is 60.2. The molecular formula is C64H124BF5N2O3. The minimum absolute atomic E-state index is 1.31. The molecule has 0 spiro atoms. The Kier molecular flexibility index (Phi) is 60.7. The van der Waals surface area contributed by atoms with E-state index in [1.165, 1.54) is 334 Å². The smallest absolute Gasteiger partial charge is 0.507 e. The molecule has 0 saturated heterocycles. The van der Waals surface area contributed by atoms with Crippen molar-refractivity contribution in [3.05, 3.63) is 29.1 Å². The summed E-state index contributed by atoms with van der Waals surface area (Å²) in [4.78, 5) is 5.15. The summed E-state index contributed by atoms with van der Waals surface area (Å²) in [7, 11) is 1.96. The maximum Gasteiger partial charge on any atom is 0.707 e. The lowest BCUT2D eigenvalue weighted by atomic mass is 10.0. The van der Waals surface area contributed by atoms with E-state index in [9.17, 15) is 22.0 Å². The number of benzene rings is 1. The minimum Gasteiger partial charge on any atom is -0.507 e. The maximum absolute atomic E-state index is 12.7. The van der Waals surface area contributed by atoms with Crippen LogP contribution < -0.4 is 4.65 Å². The molecule has 0 bridgehead atoms. The van der Waals surface area contributed by atoms with Crippen LogP contribution in [0, 0.1) is 29.1 Å². The van der Waals surface area contributed by atoms with Crippen LogP contribution in [0.25, 0.3) is 0 Å². The van der Waals surface area contributed by atoms with E-state index < -0.39 is 42.2 Å². The molecule has 0 atom stereocenters. The van der Waals surface area contributed by atoms with E-state index in [0.29, 0.717) is 0 Å². The SMILES string of the molecule is CCCCCCCCCCCCCCN(C)CCCCCCCCCCCCCC.CCCCCCCCCCCCCCN(C)CCCCCCCCCCCCCC.OB(O)Oc1c(F)c(F)c(F)c(F)c1F. The van der Waals surface area contributed by atoms with Crippen molar-refractivity contribution in [3.8, 4) is 5.75 Å². The molecule has 1 rings (SSSR count). The molecule has 446 valence electrons. The number of halogens is 5. The van der Waals surface area contributed by atoms with Crippen LogP contribution in [0.15, 0.2) is 0 Å². The lowest BCUT2D eigenvalue weighted by Gasteiger charge is -2.16. The van der Waals surface area contributed by atoms with Gasteiger partial charge in [0.05, 0.1) is 0 Å². The number of nitrogens with zero attached hydrogens (tertiary/aromatic N) is 2. The third-order valence-electron chi connectivity index (χ3n) is 15.0. The van der Waals surface area contributed by atoms with Gasteiger partial charge in [0, 0.05) is 0 Å². The van der Waals surface area contributed by atoms with Crippen molar-refractivity contribution >= 4 is 7.32 Å². The van der Waals surface area contributed by atoms with Gasteiger partial charge in [-0.1, -0.05) is 310 Å². The van der Waals surface area contributed by atoms with E-state index in [4.69, 9.17) is 10.0 Å². The predicted octanol–water partition coefficient (Wildman–Crippen LogP) is 21.4. The summed E-state index contributed by atoms with van der Waals surface area (Å²) >= 11 is 0. The summed E-state index contributed by atoms with van der Waals surface area (Å²) in [5.41, 5.74) is 0. The summed E-state index contributed by atoms with van der Waals surface area (Å²) in [6, 6.07) is 0. The molecule has 75 heavy (non-hydrogen) atoms. The average molecular weight is 1080 g/mol. The lowest BCUT2D eigenvalue weighted by Crippen LogP contribution is -2.23. The van der Waals surface area contributed by atoms with Crippen LogP contribution in [0.2, 0.25) is 0 Å². The lowest BCUT2D eigenvalue weighted by molar-refractivity contribution is 0.263. The number of rotatable bonds is 54. The zero-order chi connectivity index (χ0) is 55.7. The third-order valence-corrected chi connectivity index (χ3v) is 15.0. The van der Waals surface area contributed by atoms with Gasteiger partial charge in [0.25, 0.3) is 0 Å². The van der Waals surface area contributed by atoms with Crippen molar-refractivity contribution in [1.29, 1.82) is 0 Å². The van der Waals surface area contributed by atoms with Gasteiger partial charge in [-0.05, 0) is 66.0 Å². The Morgan fingerprint density at radius 3 is 0.573 bits per heavy atom. The van der Waals surface area contributed by atoms with Gasteiger partial charge in [-0.25, -0.2) is 13.2 Å². The average Bonchev–Trinajstić information content (AvgIpc) is 3.40. The fraction of sp³-hybridized carbons (Fsp3) is 0.906. The first-order valence-corrected chi connectivity index (χ1v) is 32.4. The Labute approximate surface area is 463 Å². The zero-order valence-corrected chi connectivity index (χ0v) is 50.4. The molecule has 0 amide bonds. The van der Waals surface area contributed by atoms with Gasteiger partial charge in [-0.3, -0.25) is 0 Å². The normalized spacial score (nSPS) is 11.3. The van der Waals surface area contributed by atoms with Crippen molar-refractivity contribution in [3.63, 3.8) is 0 Å². The second-order valence-corrected chi connectivity index (χ2v) is 22.5. The molecule has 0 aliphatic carbocycles. The summed E-state index contributed by atoms with van der Waals surface area (Å²) in [6.45, 7) is 14.5. The highest BCUT2D eigenvalue weighted by molar-refractivity contribution is 6.33. The van der Waals surface area contributed by atoms with Crippen LogP contribution in [0.1, 0.15) is 336 Å². The fourth-order valence-corrected chi connectivity index (χ4v) is 9.91. The monoisotopic (exact) mass is 1070 g/mol. The molecule has 0 heterocycles. The van der Waals surface area contributed by atoms with Gasteiger partial charge in [0.1, 0.15) is 0 Å². The van der Waals surface area contributed by atoms with Crippen LogP contribution in [0.4, 0.5) is 22.0 Å². The van der Waals surface area contributed by atoms with Crippen LogP contribution >= 0.6 is 0 Å². The molecule has 0 unspecified atom stereocenters. The summed E-state index contributed by atoms with van der Waals surface area (Å²) < 4.78 is 66.3. The van der Waals surface area contributed by atoms with Gasteiger partial charge in [0.2, 0.25) is 29.1 Å². The number of unbranched alkanes of at least 4 members (excludes halogenated alkanes) is 44. The molecule has 2 N–H and O–H groups in total. The minimum atomic E-state index is -2.70. The maximum atomic E-state index is 12.7. The predicted molar refractivity (Wildman–Crippen MR) is 316 cm³/mol. The van der Waals surface area contributed by atoms with Crippen molar-refractivity contribution in [1.82, 2.24) is 9.80 Å². The summed E-state index contributed by atoms with van der Waals surface area (Å²) in [5, 5.41) is 16.3. The first-order chi connectivity index (χ1) is 36.5. The van der Waals surface area contributed by atoms with E-state index >= 15 is 0 Å². The van der Waals surface area contributed by atoms with Gasteiger partial charge in [0.15, 0.2) is 5.75 Å². The quantitative estimate of drug-likeness (QED) is 0.0224. The molecule has 0 aromatic heterocycles. The van der Waals surface area contributed by atoms with Crippen LogP contribution in [0.5, 0.6) is 5.75 Å². The van der Waals surface area contributed by atoms with E-state index in [1.807, 2.05) is 0 Å². The summed E-state index contributed by atoms with van der Waals surface area (Å²) in [6.07, 6.45) is 69.7. The van der Waals surface area contributed by atoms with E-state index in [0.717, 1.165) is 0 Å². The third kappa shape index (κ3) is 53.0. The van der Waals surface area contributed by atoms with Gasteiger partial charge >= 0.3 is 7.32 Å². The highest BCUT2D eigenvalue weighted by Gasteiger charge is 2.29. The molecular weight excluding hydrogens is 951 g/mol. The molecule has 5 nitrogen and oxygen atoms in total. The Morgan fingerprint density at radius 1 is 0.267 bits per heavy atom. The Morgan fingerprint density at radius 2 is 0.413 bits per heavy atom. The number of hydrogen-bond acceptors (Lipinski definition) is 5. The van der Waals surface area contributed by atoms with Crippen LogP contribution in [0.3, 0.4) is 0 Å². The van der Waals surface area contributed by atoms with Gasteiger partial charge in [-0.15, -0.1) is 0 Å².